The van der Waals surface area contributed by atoms with Gasteiger partial charge < -0.3 is 15.2 Å². The number of hydrogen-bond acceptors (Lipinski definition) is 3. The van der Waals surface area contributed by atoms with Crippen molar-refractivity contribution < 1.29 is 0 Å². The number of hydrogen-bond donors (Lipinski definition) is 3. The van der Waals surface area contributed by atoms with Gasteiger partial charge in [0, 0.05) is 34.4 Å². The zero-order chi connectivity index (χ0) is 28.5. The van der Waals surface area contributed by atoms with Crippen LogP contribution in [0, 0.1) is 6.92 Å². The minimum atomic E-state index is 0.746. The summed E-state index contributed by atoms with van der Waals surface area (Å²) in [6, 6.07) is 2.14. The summed E-state index contributed by atoms with van der Waals surface area (Å²) in [5.74, 6) is 0. The Kier molecular flexibility index (Phi) is 10.1. The van der Waals surface area contributed by atoms with Crippen LogP contribution in [0.2, 0.25) is 0 Å². The number of aryl methyl sites for hydroxylation is 1. The maximum Gasteiger partial charge on any atom is 0.116 e. The van der Waals surface area contributed by atoms with Crippen molar-refractivity contribution in [3.05, 3.63) is 130 Å². The molecule has 3 N–H and O–H groups in total. The minimum Gasteiger partial charge on any atom is -0.358 e. The maximum atomic E-state index is 4.59. The molecule has 1 aliphatic rings. The smallest absolute Gasteiger partial charge is 0.116 e. The molecule has 0 aliphatic heterocycles. The average Bonchev–Trinajstić information content (AvgIpc) is 3.64. The lowest BCUT2D eigenvalue weighted by molar-refractivity contribution is 0.438. The van der Waals surface area contributed by atoms with Crippen LogP contribution in [-0.4, -0.2) is 40.7 Å². The van der Waals surface area contributed by atoms with Crippen molar-refractivity contribution in [2.75, 3.05) is 20.6 Å². The van der Waals surface area contributed by atoms with Crippen molar-refractivity contribution in [1.82, 2.24) is 25.4 Å². The van der Waals surface area contributed by atoms with Gasteiger partial charge >= 0.3 is 0 Å². The number of nitrogens with one attached hydrogen (secondary N) is 3. The Hall–Kier alpha value is -4.35. The second kappa shape index (κ2) is 13.4. The van der Waals surface area contributed by atoms with E-state index in [-0.39, 0.29) is 0 Å². The van der Waals surface area contributed by atoms with Gasteiger partial charge in [0.05, 0.1) is 11.0 Å². The molecule has 2 aromatic heterocycles. The second-order valence-electron chi connectivity index (χ2n) is 9.83. The van der Waals surface area contributed by atoms with E-state index in [1.807, 2.05) is 33.2 Å². The Morgan fingerprint density at radius 1 is 1.23 bits per heavy atom. The number of H-pyrrole nitrogens is 2. The number of aromatic amines is 2. The van der Waals surface area contributed by atoms with Gasteiger partial charge in [0.25, 0.3) is 0 Å². The van der Waals surface area contributed by atoms with Gasteiger partial charge in [-0.15, -0.1) is 0 Å². The molecular formula is C34H41N5. The summed E-state index contributed by atoms with van der Waals surface area (Å²) in [5, 5.41) is 12.8. The van der Waals surface area contributed by atoms with Gasteiger partial charge in [-0.3, -0.25) is 5.10 Å². The van der Waals surface area contributed by atoms with Crippen LogP contribution in [0.4, 0.5) is 0 Å². The van der Waals surface area contributed by atoms with E-state index in [1.54, 1.807) is 6.08 Å². The van der Waals surface area contributed by atoms with E-state index in [4.69, 9.17) is 0 Å². The van der Waals surface area contributed by atoms with Crippen LogP contribution >= 0.6 is 0 Å². The number of allylic oxidation sites excluding steroid dienone is 13. The summed E-state index contributed by atoms with van der Waals surface area (Å²) < 4.78 is 0. The van der Waals surface area contributed by atoms with Crippen LogP contribution in [0.5, 0.6) is 0 Å². The monoisotopic (exact) mass is 519 g/mol. The first-order chi connectivity index (χ1) is 18.7. The van der Waals surface area contributed by atoms with Crippen LogP contribution in [0.3, 0.4) is 0 Å². The predicted octanol–water partition coefficient (Wildman–Crippen LogP) is 5.99. The topological polar surface area (TPSA) is 59.7 Å². The lowest BCUT2D eigenvalue weighted by atomic mass is 9.98. The molecule has 0 saturated heterocycles. The zero-order valence-corrected chi connectivity index (χ0v) is 24.0. The summed E-state index contributed by atoms with van der Waals surface area (Å²) in [4.78, 5) is 5.57. The second-order valence-corrected chi connectivity index (χ2v) is 9.83. The van der Waals surface area contributed by atoms with E-state index in [0.29, 0.717) is 0 Å². The molecule has 0 aromatic carbocycles. The fourth-order valence-corrected chi connectivity index (χ4v) is 4.49. The van der Waals surface area contributed by atoms with Crippen molar-refractivity contribution in [3.63, 3.8) is 0 Å². The third kappa shape index (κ3) is 7.37. The molecule has 0 amide bonds. The molecule has 0 spiro atoms. The molecule has 0 saturated carbocycles. The quantitative estimate of drug-likeness (QED) is 0.302. The number of likely N-dealkylation sites (N-methyl/N-ethyl adjacent to an activating group) is 1. The first-order valence-electron chi connectivity index (χ1n) is 13.1. The average molecular weight is 520 g/mol. The van der Waals surface area contributed by atoms with Crippen molar-refractivity contribution in [1.29, 1.82) is 0 Å². The highest BCUT2D eigenvalue weighted by Gasteiger charge is 2.15. The molecule has 3 rings (SSSR count). The van der Waals surface area contributed by atoms with Gasteiger partial charge in [-0.05, 0) is 87.9 Å². The lowest BCUT2D eigenvalue weighted by Crippen LogP contribution is -2.23. The van der Waals surface area contributed by atoms with Crippen LogP contribution < -0.4 is 15.9 Å². The van der Waals surface area contributed by atoms with E-state index in [0.717, 1.165) is 74.3 Å². The summed E-state index contributed by atoms with van der Waals surface area (Å²) in [6.07, 6.45) is 21.4. The fourth-order valence-electron chi connectivity index (χ4n) is 4.49. The number of aromatic nitrogens is 3. The van der Waals surface area contributed by atoms with E-state index in [2.05, 4.69) is 114 Å². The van der Waals surface area contributed by atoms with Gasteiger partial charge in [0.1, 0.15) is 5.69 Å². The molecule has 1 aliphatic carbocycles. The van der Waals surface area contributed by atoms with Crippen LogP contribution in [0.1, 0.15) is 31.5 Å². The first-order valence-corrected chi connectivity index (χ1v) is 13.1. The summed E-state index contributed by atoms with van der Waals surface area (Å²) in [6.45, 7) is 23.2. The molecule has 5 heteroatoms. The highest BCUT2D eigenvalue weighted by molar-refractivity contribution is 5.86. The molecule has 2 heterocycles. The number of nitrogens with zero attached hydrogens (tertiary/aromatic N) is 2. The normalized spacial score (nSPS) is 15.2. The standard InChI is InChI=1S/C34H41N5/c1-10-15-30(28-16-13-14-17-28)31-21-33(36-26(31)7)34-25(6)32(37-38-34)19-18-23(4)27(11-2)20-29(12-3)35-24(5)22-39(8)9/h10-13,15-21,35-37H,1,3,5-6,14,22H2,2,4,7-9H3/b23-18+,27-11+,29-20+,30-15-,32-19+. The summed E-state index contributed by atoms with van der Waals surface area (Å²) >= 11 is 0. The summed E-state index contributed by atoms with van der Waals surface area (Å²) in [5.41, 5.74) is 10.3. The van der Waals surface area contributed by atoms with Crippen molar-refractivity contribution in [3.8, 4) is 11.4 Å². The summed E-state index contributed by atoms with van der Waals surface area (Å²) in [7, 11) is 4.03. The van der Waals surface area contributed by atoms with Crippen LogP contribution in [-0.2, 0) is 0 Å². The zero-order valence-electron chi connectivity index (χ0n) is 24.0. The van der Waals surface area contributed by atoms with Gasteiger partial charge in [0.2, 0.25) is 0 Å². The Balaban J connectivity index is 1.89. The Morgan fingerprint density at radius 3 is 2.62 bits per heavy atom. The molecule has 202 valence electrons. The molecule has 2 aromatic rings. The Labute approximate surface area is 233 Å². The largest absolute Gasteiger partial charge is 0.358 e. The van der Waals surface area contributed by atoms with E-state index < -0.39 is 0 Å². The third-order valence-corrected chi connectivity index (χ3v) is 6.45. The van der Waals surface area contributed by atoms with Gasteiger partial charge in [-0.25, -0.2) is 0 Å². The lowest BCUT2D eigenvalue weighted by Gasteiger charge is -2.15. The first kappa shape index (κ1) is 29.2. The van der Waals surface area contributed by atoms with Crippen molar-refractivity contribution >= 4 is 18.2 Å². The van der Waals surface area contributed by atoms with Crippen molar-refractivity contribution in [2.24, 2.45) is 0 Å². The molecule has 39 heavy (non-hydrogen) atoms. The Bertz CT molecular complexity index is 1540. The predicted molar refractivity (Wildman–Crippen MR) is 169 cm³/mol. The van der Waals surface area contributed by atoms with Gasteiger partial charge in [-0.2, -0.15) is 5.10 Å². The Morgan fingerprint density at radius 2 is 2.00 bits per heavy atom. The SMILES string of the molecule is C=C/C=C(/C1=CCC=C1)c1cc(-c2n[nH]/c(=C/C=C(C)/C(/C=C(\C=C)NC(=C)CN(C)C)=C/C)c2=C)[nH]c1C. The van der Waals surface area contributed by atoms with E-state index in [1.165, 1.54) is 5.57 Å². The molecule has 0 unspecified atom stereocenters. The molecule has 5 nitrogen and oxygen atoms in total. The fraction of sp³-hybridized carbons (Fsp3) is 0.206. The van der Waals surface area contributed by atoms with Crippen LogP contribution in [0.15, 0.2) is 109 Å². The third-order valence-electron chi connectivity index (χ3n) is 6.45. The molecule has 0 bridgehead atoms. The molecule has 0 atom stereocenters. The highest BCUT2D eigenvalue weighted by Crippen LogP contribution is 2.32. The van der Waals surface area contributed by atoms with Crippen LogP contribution in [0.25, 0.3) is 29.6 Å². The van der Waals surface area contributed by atoms with Crippen molar-refractivity contribution in [2.45, 2.75) is 27.2 Å². The minimum absolute atomic E-state index is 0.746. The number of rotatable bonds is 12. The van der Waals surface area contributed by atoms with Gasteiger partial charge in [0.15, 0.2) is 0 Å². The van der Waals surface area contributed by atoms with E-state index >= 15 is 0 Å². The molecular weight excluding hydrogens is 478 g/mol. The highest BCUT2D eigenvalue weighted by atomic mass is 15.1. The van der Waals surface area contributed by atoms with Gasteiger partial charge in [-0.1, -0.05) is 68.8 Å². The molecule has 0 radical (unpaired) electrons. The maximum absolute atomic E-state index is 4.59. The van der Waals surface area contributed by atoms with E-state index in [9.17, 15) is 0 Å². The molecule has 0 fully saturated rings.